The van der Waals surface area contributed by atoms with Crippen LogP contribution in [-0.4, -0.2) is 26.1 Å². The van der Waals surface area contributed by atoms with Crippen molar-refractivity contribution in [2.24, 2.45) is 0 Å². The molecule has 23 heavy (non-hydrogen) atoms. The topological polar surface area (TPSA) is 70.7 Å². The number of hydrogen-bond donors (Lipinski definition) is 2. The second-order valence-corrected chi connectivity index (χ2v) is 6.12. The van der Waals surface area contributed by atoms with E-state index in [0.29, 0.717) is 22.9 Å². The van der Waals surface area contributed by atoms with Crippen molar-refractivity contribution < 1.29 is 9.18 Å². The molecule has 2 N–H and O–H groups in total. The highest BCUT2D eigenvalue weighted by atomic mass is 32.2. The largest absolute Gasteiger partial charge is 0.332 e. The quantitative estimate of drug-likeness (QED) is 0.701. The molecule has 0 saturated heterocycles. The Morgan fingerprint density at radius 1 is 1.35 bits per heavy atom. The van der Waals surface area contributed by atoms with Crippen LogP contribution in [-0.2, 0) is 4.79 Å². The number of H-pyrrole nitrogens is 1. The van der Waals surface area contributed by atoms with E-state index in [1.54, 1.807) is 6.20 Å². The van der Waals surface area contributed by atoms with Gasteiger partial charge in [0.05, 0.1) is 10.8 Å². The van der Waals surface area contributed by atoms with E-state index in [9.17, 15) is 9.18 Å². The van der Waals surface area contributed by atoms with E-state index in [2.05, 4.69) is 20.3 Å². The summed E-state index contributed by atoms with van der Waals surface area (Å²) >= 11 is 1.35. The zero-order chi connectivity index (χ0) is 16.2. The second kappa shape index (κ2) is 6.78. The summed E-state index contributed by atoms with van der Waals surface area (Å²) < 4.78 is 12.9. The summed E-state index contributed by atoms with van der Waals surface area (Å²) in [6, 6.07) is 9.42. The van der Waals surface area contributed by atoms with Crippen LogP contribution in [0.3, 0.4) is 0 Å². The molecule has 0 saturated carbocycles. The highest BCUT2D eigenvalue weighted by Crippen LogP contribution is 2.25. The standard InChI is InChI=1S/C16H15FN4OS/c1-2-13(15(22)19-11-7-5-10(17)6-8-11)23-16-20-12-4-3-9-18-14(12)21-16/h3-9,13H,2H2,1H3,(H,19,22)(H,18,20,21)/t13-/m0/s1. The zero-order valence-electron chi connectivity index (χ0n) is 12.4. The summed E-state index contributed by atoms with van der Waals surface area (Å²) in [5.74, 6) is -0.475. The molecule has 118 valence electrons. The van der Waals surface area contributed by atoms with E-state index in [0.717, 1.165) is 5.52 Å². The predicted octanol–water partition coefficient (Wildman–Crippen LogP) is 3.61. The van der Waals surface area contributed by atoms with Crippen LogP contribution in [0.2, 0.25) is 0 Å². The van der Waals surface area contributed by atoms with E-state index in [4.69, 9.17) is 0 Å². The number of imidazole rings is 1. The third-order valence-electron chi connectivity index (χ3n) is 3.26. The van der Waals surface area contributed by atoms with E-state index in [1.807, 2.05) is 19.1 Å². The first-order valence-electron chi connectivity index (χ1n) is 7.19. The van der Waals surface area contributed by atoms with Crippen molar-refractivity contribution in [2.75, 3.05) is 5.32 Å². The lowest BCUT2D eigenvalue weighted by molar-refractivity contribution is -0.115. The number of thioether (sulfide) groups is 1. The number of halogens is 1. The minimum Gasteiger partial charge on any atom is -0.332 e. The van der Waals surface area contributed by atoms with E-state index >= 15 is 0 Å². The Hall–Kier alpha value is -2.41. The number of aromatic nitrogens is 3. The van der Waals surface area contributed by atoms with Crippen LogP contribution in [0.1, 0.15) is 13.3 Å². The van der Waals surface area contributed by atoms with Crippen LogP contribution >= 0.6 is 11.8 Å². The van der Waals surface area contributed by atoms with Crippen LogP contribution in [0, 0.1) is 5.82 Å². The molecule has 0 bridgehead atoms. The zero-order valence-corrected chi connectivity index (χ0v) is 13.2. The van der Waals surface area contributed by atoms with Crippen molar-refractivity contribution in [1.82, 2.24) is 15.0 Å². The Morgan fingerprint density at radius 2 is 2.13 bits per heavy atom. The third kappa shape index (κ3) is 3.68. The second-order valence-electron chi connectivity index (χ2n) is 4.93. The summed E-state index contributed by atoms with van der Waals surface area (Å²) in [5.41, 5.74) is 2.04. The fourth-order valence-electron chi connectivity index (χ4n) is 2.09. The number of carbonyl (C=O) groups is 1. The van der Waals surface area contributed by atoms with Gasteiger partial charge in [0, 0.05) is 11.9 Å². The molecule has 0 aliphatic carbocycles. The first-order valence-corrected chi connectivity index (χ1v) is 8.07. The van der Waals surface area contributed by atoms with Gasteiger partial charge in [0.15, 0.2) is 10.8 Å². The molecule has 2 aromatic heterocycles. The molecule has 7 heteroatoms. The minimum absolute atomic E-state index is 0.141. The fourth-order valence-corrected chi connectivity index (χ4v) is 3.00. The van der Waals surface area contributed by atoms with E-state index < -0.39 is 0 Å². The third-order valence-corrected chi connectivity index (χ3v) is 4.51. The summed E-state index contributed by atoms with van der Waals surface area (Å²) in [6.07, 6.45) is 2.32. The fraction of sp³-hybridized carbons (Fsp3) is 0.188. The minimum atomic E-state index is -0.334. The normalized spacial score (nSPS) is 12.3. The highest BCUT2D eigenvalue weighted by Gasteiger charge is 2.20. The van der Waals surface area contributed by atoms with Gasteiger partial charge in [-0.25, -0.2) is 14.4 Å². The van der Waals surface area contributed by atoms with Gasteiger partial charge in [-0.15, -0.1) is 0 Å². The number of carbonyl (C=O) groups excluding carboxylic acids is 1. The van der Waals surface area contributed by atoms with Crippen LogP contribution in [0.5, 0.6) is 0 Å². The molecule has 5 nitrogen and oxygen atoms in total. The Morgan fingerprint density at radius 3 is 2.83 bits per heavy atom. The van der Waals surface area contributed by atoms with Gasteiger partial charge in [-0.3, -0.25) is 4.79 Å². The van der Waals surface area contributed by atoms with Gasteiger partial charge in [0.25, 0.3) is 0 Å². The first kappa shape index (κ1) is 15.5. The van der Waals surface area contributed by atoms with Gasteiger partial charge in [-0.1, -0.05) is 18.7 Å². The maximum absolute atomic E-state index is 12.9. The molecule has 0 unspecified atom stereocenters. The van der Waals surface area contributed by atoms with Crippen molar-refractivity contribution in [3.63, 3.8) is 0 Å². The van der Waals surface area contributed by atoms with E-state index in [-0.39, 0.29) is 17.0 Å². The first-order chi connectivity index (χ1) is 11.2. The van der Waals surface area contributed by atoms with Crippen molar-refractivity contribution in [2.45, 2.75) is 23.8 Å². The molecule has 0 aliphatic heterocycles. The monoisotopic (exact) mass is 330 g/mol. The van der Waals surface area contributed by atoms with Crippen LogP contribution in [0.25, 0.3) is 11.2 Å². The highest BCUT2D eigenvalue weighted by molar-refractivity contribution is 8.00. The van der Waals surface area contributed by atoms with Gasteiger partial charge >= 0.3 is 0 Å². The lowest BCUT2D eigenvalue weighted by Crippen LogP contribution is -2.24. The summed E-state index contributed by atoms with van der Waals surface area (Å²) in [4.78, 5) is 24.0. The van der Waals surface area contributed by atoms with Gasteiger partial charge in [-0.2, -0.15) is 0 Å². The molecule has 0 fully saturated rings. The lowest BCUT2D eigenvalue weighted by atomic mass is 10.2. The van der Waals surface area contributed by atoms with Crippen molar-refractivity contribution in [1.29, 1.82) is 0 Å². The molecule has 3 aromatic rings. The number of rotatable bonds is 5. The Balaban J connectivity index is 1.71. The maximum atomic E-state index is 12.9. The number of aromatic amines is 1. The van der Waals surface area contributed by atoms with Crippen molar-refractivity contribution in [3.05, 3.63) is 48.4 Å². The number of benzene rings is 1. The number of fused-ring (bicyclic) bond motifs is 1. The number of nitrogens with one attached hydrogen (secondary N) is 2. The predicted molar refractivity (Wildman–Crippen MR) is 88.9 cm³/mol. The molecule has 0 spiro atoms. The van der Waals surface area contributed by atoms with Gasteiger partial charge in [0.1, 0.15) is 5.82 Å². The summed E-state index contributed by atoms with van der Waals surface area (Å²) in [7, 11) is 0. The summed E-state index contributed by atoms with van der Waals surface area (Å²) in [5, 5.41) is 3.14. The number of pyridine rings is 1. The number of hydrogen-bond acceptors (Lipinski definition) is 4. The molecule has 0 radical (unpaired) electrons. The number of anilines is 1. The summed E-state index contributed by atoms with van der Waals surface area (Å²) in [6.45, 7) is 1.93. The molecule has 3 rings (SSSR count). The molecule has 1 amide bonds. The maximum Gasteiger partial charge on any atom is 0.237 e. The number of amides is 1. The Labute approximate surface area is 136 Å². The molecular formula is C16H15FN4OS. The Bertz CT molecular complexity index is 785. The van der Waals surface area contributed by atoms with Crippen LogP contribution in [0.4, 0.5) is 10.1 Å². The lowest BCUT2D eigenvalue weighted by Gasteiger charge is -2.13. The van der Waals surface area contributed by atoms with Gasteiger partial charge in [-0.05, 0) is 42.8 Å². The van der Waals surface area contributed by atoms with Gasteiger partial charge < -0.3 is 10.3 Å². The van der Waals surface area contributed by atoms with Crippen LogP contribution in [0.15, 0.2) is 47.8 Å². The van der Waals surface area contributed by atoms with Crippen LogP contribution < -0.4 is 5.32 Å². The smallest absolute Gasteiger partial charge is 0.237 e. The van der Waals surface area contributed by atoms with E-state index in [1.165, 1.54) is 36.0 Å². The average molecular weight is 330 g/mol. The molecule has 1 atom stereocenters. The average Bonchev–Trinajstić information content (AvgIpc) is 2.97. The molecular weight excluding hydrogens is 315 g/mol. The Kier molecular flexibility index (Phi) is 4.57. The molecule has 1 aromatic carbocycles. The molecule has 2 heterocycles. The SMILES string of the molecule is CC[C@H](Sc1nc2ncccc2[nH]1)C(=O)Nc1ccc(F)cc1. The molecule has 0 aliphatic rings. The van der Waals surface area contributed by atoms with Crippen molar-refractivity contribution >= 4 is 34.5 Å². The number of nitrogens with zero attached hydrogens (tertiary/aromatic N) is 2. The van der Waals surface area contributed by atoms with Gasteiger partial charge in [0.2, 0.25) is 5.91 Å². The van der Waals surface area contributed by atoms with Crippen molar-refractivity contribution in [3.8, 4) is 0 Å².